The summed E-state index contributed by atoms with van der Waals surface area (Å²) in [6.07, 6.45) is 3.22. The van der Waals surface area contributed by atoms with E-state index in [1.165, 1.54) is 19.1 Å². The Labute approximate surface area is 152 Å². The third kappa shape index (κ3) is 1.73. The molecule has 0 radical (unpaired) electrons. The standard InChI is InChI=1S/C20H26O6/c1-10-8-18-9-19(10,25)6-4-12(18)20(26)7-5-13(22)17(3,11(2)21)15(20)14(18)16(23)24/h5,7,12-15,22,25-26H,1,4,6,8-9H2,2-3H3,(H,23,24)/t12?,13?,14?,15?,17?,18?,19-,20?/m0/s1. The van der Waals surface area contributed by atoms with E-state index in [9.17, 15) is 30.0 Å². The largest absolute Gasteiger partial charge is 0.481 e. The molecule has 7 unspecified atom stereocenters. The number of aliphatic carboxylic acids is 1. The maximum absolute atomic E-state index is 12.6. The highest BCUT2D eigenvalue weighted by atomic mass is 16.4. The summed E-state index contributed by atoms with van der Waals surface area (Å²) in [6.45, 7) is 6.88. The Morgan fingerprint density at radius 1 is 1.31 bits per heavy atom. The third-order valence-electron chi connectivity index (χ3n) is 8.20. The average molecular weight is 362 g/mol. The first-order valence-corrected chi connectivity index (χ1v) is 9.18. The molecule has 0 aromatic heterocycles. The minimum atomic E-state index is -1.51. The minimum Gasteiger partial charge on any atom is -0.481 e. The lowest BCUT2D eigenvalue weighted by Gasteiger charge is -2.48. The van der Waals surface area contributed by atoms with E-state index in [1.807, 2.05) is 0 Å². The molecule has 0 aromatic carbocycles. The van der Waals surface area contributed by atoms with E-state index < -0.39 is 51.9 Å². The third-order valence-corrected chi connectivity index (χ3v) is 8.20. The van der Waals surface area contributed by atoms with E-state index in [4.69, 9.17) is 0 Å². The molecule has 3 saturated carbocycles. The van der Waals surface area contributed by atoms with E-state index in [0.717, 1.165) is 0 Å². The molecular formula is C20H26O6. The second-order valence-electron chi connectivity index (χ2n) is 9.14. The van der Waals surface area contributed by atoms with Crippen LogP contribution in [0.4, 0.5) is 0 Å². The second-order valence-corrected chi connectivity index (χ2v) is 9.14. The van der Waals surface area contributed by atoms with Crippen molar-refractivity contribution in [3.63, 3.8) is 0 Å². The van der Waals surface area contributed by atoms with Gasteiger partial charge >= 0.3 is 5.97 Å². The molecule has 26 heavy (non-hydrogen) atoms. The topological polar surface area (TPSA) is 115 Å². The van der Waals surface area contributed by atoms with Gasteiger partial charge in [0.2, 0.25) is 0 Å². The Kier molecular flexibility index (Phi) is 3.34. The van der Waals surface area contributed by atoms with E-state index in [-0.39, 0.29) is 12.2 Å². The van der Waals surface area contributed by atoms with Crippen LogP contribution in [0.25, 0.3) is 0 Å². The zero-order chi connectivity index (χ0) is 19.3. The Morgan fingerprint density at radius 3 is 2.54 bits per heavy atom. The Hall–Kier alpha value is -1.50. The van der Waals surface area contributed by atoms with Gasteiger partial charge in [-0.3, -0.25) is 9.59 Å². The summed E-state index contributed by atoms with van der Waals surface area (Å²) in [5, 5.41) is 43.4. The molecule has 0 heterocycles. The van der Waals surface area contributed by atoms with Gasteiger partial charge in [0.25, 0.3) is 0 Å². The number of carbonyl (C=O) groups is 2. The molecule has 3 fully saturated rings. The summed E-state index contributed by atoms with van der Waals surface area (Å²) in [4.78, 5) is 25.0. The summed E-state index contributed by atoms with van der Waals surface area (Å²) in [5.41, 5.74) is -4.26. The Morgan fingerprint density at radius 2 is 1.96 bits per heavy atom. The highest BCUT2D eigenvalue weighted by molar-refractivity contribution is 5.86. The molecule has 142 valence electrons. The van der Waals surface area contributed by atoms with Gasteiger partial charge < -0.3 is 20.4 Å². The van der Waals surface area contributed by atoms with Crippen LogP contribution in [0.2, 0.25) is 0 Å². The van der Waals surface area contributed by atoms with Crippen molar-refractivity contribution in [3.05, 3.63) is 24.3 Å². The SMILES string of the molecule is C=C1CC23C[C@@]1(O)CCC2C1(O)C=CC(O)C(C)(C(C)=O)C1C3C(=O)O. The number of ketones is 1. The zero-order valence-electron chi connectivity index (χ0n) is 15.1. The second kappa shape index (κ2) is 4.86. The number of hydrogen-bond acceptors (Lipinski definition) is 5. The molecular weight excluding hydrogens is 336 g/mol. The normalized spacial score (nSPS) is 54.7. The van der Waals surface area contributed by atoms with Crippen LogP contribution in [0.15, 0.2) is 24.3 Å². The Bertz CT molecular complexity index is 757. The van der Waals surface area contributed by atoms with Gasteiger partial charge in [-0.15, -0.1) is 0 Å². The first-order valence-electron chi connectivity index (χ1n) is 9.18. The number of carboxylic acids is 1. The van der Waals surface area contributed by atoms with Gasteiger partial charge in [0.15, 0.2) is 0 Å². The quantitative estimate of drug-likeness (QED) is 0.546. The molecule has 0 aliphatic heterocycles. The summed E-state index contributed by atoms with van der Waals surface area (Å²) in [5.74, 6) is -3.83. The van der Waals surface area contributed by atoms with Crippen LogP contribution in [0.3, 0.4) is 0 Å². The van der Waals surface area contributed by atoms with Gasteiger partial charge in [-0.1, -0.05) is 18.7 Å². The molecule has 6 heteroatoms. The van der Waals surface area contributed by atoms with Gasteiger partial charge in [-0.25, -0.2) is 0 Å². The number of aliphatic hydroxyl groups excluding tert-OH is 1. The van der Waals surface area contributed by atoms with Crippen molar-refractivity contribution in [2.24, 2.45) is 28.6 Å². The van der Waals surface area contributed by atoms with Crippen molar-refractivity contribution in [1.29, 1.82) is 0 Å². The lowest BCUT2D eigenvalue weighted by Crippen LogP contribution is -2.58. The molecule has 4 N–H and O–H groups in total. The number of carbonyl (C=O) groups excluding carboxylic acids is 1. The first kappa shape index (κ1) is 17.9. The summed E-state index contributed by atoms with van der Waals surface area (Å²) in [6, 6.07) is 0. The zero-order valence-corrected chi connectivity index (χ0v) is 15.1. The fourth-order valence-corrected chi connectivity index (χ4v) is 6.91. The number of fused-ring (bicyclic) bond motifs is 3. The molecule has 6 nitrogen and oxygen atoms in total. The highest BCUT2D eigenvalue weighted by Crippen LogP contribution is 2.74. The number of rotatable bonds is 2. The molecule has 4 aliphatic carbocycles. The first-order chi connectivity index (χ1) is 11.9. The molecule has 4 aliphatic rings. The number of carboxylic acid groups (broad SMARTS) is 1. The van der Waals surface area contributed by atoms with E-state index in [2.05, 4.69) is 6.58 Å². The fraction of sp³-hybridized carbons (Fsp3) is 0.700. The highest BCUT2D eigenvalue weighted by Gasteiger charge is 2.78. The monoisotopic (exact) mass is 362 g/mol. The average Bonchev–Trinajstić information content (AvgIpc) is 2.88. The van der Waals surface area contributed by atoms with Crippen molar-refractivity contribution in [1.82, 2.24) is 0 Å². The van der Waals surface area contributed by atoms with Gasteiger partial charge in [0.1, 0.15) is 5.78 Å². The van der Waals surface area contributed by atoms with Crippen LogP contribution in [0.1, 0.15) is 39.5 Å². The molecule has 0 aromatic rings. The lowest BCUT2D eigenvalue weighted by atomic mass is 9.57. The van der Waals surface area contributed by atoms with E-state index >= 15 is 0 Å². The number of aliphatic hydroxyl groups is 3. The van der Waals surface area contributed by atoms with Crippen molar-refractivity contribution >= 4 is 11.8 Å². The predicted octanol–water partition coefficient (Wildman–Crippen LogP) is 1.05. The van der Waals surface area contributed by atoms with Gasteiger partial charge in [0.05, 0.1) is 28.6 Å². The van der Waals surface area contributed by atoms with Gasteiger partial charge in [-0.2, -0.15) is 0 Å². The lowest BCUT2D eigenvalue weighted by molar-refractivity contribution is -0.161. The van der Waals surface area contributed by atoms with E-state index in [1.54, 1.807) is 6.92 Å². The summed E-state index contributed by atoms with van der Waals surface area (Å²) >= 11 is 0. The molecule has 0 saturated heterocycles. The van der Waals surface area contributed by atoms with E-state index in [0.29, 0.717) is 24.8 Å². The molecule has 2 bridgehead atoms. The van der Waals surface area contributed by atoms with Gasteiger partial charge in [0, 0.05) is 5.92 Å². The summed E-state index contributed by atoms with van der Waals surface area (Å²) in [7, 11) is 0. The molecule has 4 rings (SSSR count). The van der Waals surface area contributed by atoms with Crippen LogP contribution >= 0.6 is 0 Å². The maximum Gasteiger partial charge on any atom is 0.307 e. The van der Waals surface area contributed by atoms with Crippen molar-refractivity contribution in [2.75, 3.05) is 0 Å². The minimum absolute atomic E-state index is 0.233. The van der Waals surface area contributed by atoms with Crippen LogP contribution < -0.4 is 0 Å². The van der Waals surface area contributed by atoms with Crippen molar-refractivity contribution in [2.45, 2.75) is 56.8 Å². The maximum atomic E-state index is 12.6. The number of hydrogen-bond donors (Lipinski definition) is 4. The van der Waals surface area contributed by atoms with Crippen LogP contribution in [0, 0.1) is 28.6 Å². The molecule has 1 spiro atoms. The van der Waals surface area contributed by atoms with Crippen molar-refractivity contribution in [3.8, 4) is 0 Å². The number of Topliss-reactive ketones (excluding diaryl/α,β-unsaturated/α-hetero) is 1. The Balaban J connectivity index is 1.99. The predicted molar refractivity (Wildman–Crippen MR) is 92.0 cm³/mol. The molecule has 8 atom stereocenters. The fourth-order valence-electron chi connectivity index (χ4n) is 6.91. The van der Waals surface area contributed by atoms with Crippen molar-refractivity contribution < 1.29 is 30.0 Å². The van der Waals surface area contributed by atoms with Gasteiger partial charge in [-0.05, 0) is 56.4 Å². The summed E-state index contributed by atoms with van der Waals surface area (Å²) < 4.78 is 0. The van der Waals surface area contributed by atoms with Crippen LogP contribution in [-0.2, 0) is 9.59 Å². The van der Waals surface area contributed by atoms with Crippen LogP contribution in [-0.4, -0.2) is 49.5 Å². The smallest absolute Gasteiger partial charge is 0.307 e. The molecule has 0 amide bonds. The van der Waals surface area contributed by atoms with Crippen LogP contribution in [0.5, 0.6) is 0 Å².